The first kappa shape index (κ1) is 22.3. The van der Waals surface area contributed by atoms with Crippen LogP contribution in [-0.4, -0.2) is 100.0 Å². The van der Waals surface area contributed by atoms with E-state index in [0.717, 1.165) is 14.8 Å². The molecule has 1 aromatic rings. The smallest absolute Gasteiger partial charge is 0.407 e. The van der Waals surface area contributed by atoms with Crippen LogP contribution in [0.4, 0.5) is 4.79 Å². The van der Waals surface area contributed by atoms with Crippen LogP contribution < -0.4 is 0 Å². The fraction of sp³-hybridized carbons (Fsp3) is 0.579. The van der Waals surface area contributed by atoms with Crippen molar-refractivity contribution in [3.63, 3.8) is 0 Å². The standard InChI is InChI=1S/C19H25ClN4O6S/c20-14-3-1-13(2-4-14)11-21-7-9-22(10-8-21)31(29,30)23-12-15-5-6-16(17(23)18(25)26)24(15)19(27)28/h1-4,15-17H,5-12H2,(H,25,26)(H,27,28)/t15-,16+,17+/m1/s1. The van der Waals surface area contributed by atoms with Gasteiger partial charge in [0, 0.05) is 50.3 Å². The summed E-state index contributed by atoms with van der Waals surface area (Å²) in [6, 6.07) is 4.70. The lowest BCUT2D eigenvalue weighted by Crippen LogP contribution is -2.67. The highest BCUT2D eigenvalue weighted by molar-refractivity contribution is 7.86. The molecule has 3 saturated heterocycles. The first-order valence-corrected chi connectivity index (χ1v) is 11.9. The zero-order chi connectivity index (χ0) is 22.3. The van der Waals surface area contributed by atoms with Crippen molar-refractivity contribution in [3.8, 4) is 0 Å². The number of carboxylic acids is 1. The Balaban J connectivity index is 1.45. The number of rotatable bonds is 5. The van der Waals surface area contributed by atoms with E-state index in [1.807, 2.05) is 24.3 Å². The number of nitrogens with zero attached hydrogens (tertiary/aromatic N) is 4. The minimum absolute atomic E-state index is 0.132. The summed E-state index contributed by atoms with van der Waals surface area (Å²) in [5.41, 5.74) is 1.08. The molecule has 3 aliphatic rings. The molecule has 0 spiro atoms. The molecular weight excluding hydrogens is 448 g/mol. The highest BCUT2D eigenvalue weighted by atomic mass is 35.5. The number of aliphatic carboxylic acids is 1. The lowest BCUT2D eigenvalue weighted by atomic mass is 10.1. The molecule has 0 aliphatic carbocycles. The molecule has 10 nitrogen and oxygen atoms in total. The Morgan fingerprint density at radius 1 is 1.03 bits per heavy atom. The van der Waals surface area contributed by atoms with Crippen LogP contribution in [0.5, 0.6) is 0 Å². The Kier molecular flexibility index (Phi) is 6.14. The molecular formula is C19H25ClN4O6S. The predicted molar refractivity (Wildman–Crippen MR) is 112 cm³/mol. The number of carboxylic acid groups (broad SMARTS) is 2. The first-order valence-electron chi connectivity index (χ1n) is 10.2. The number of benzene rings is 1. The van der Waals surface area contributed by atoms with Gasteiger partial charge in [-0.2, -0.15) is 17.0 Å². The van der Waals surface area contributed by atoms with Gasteiger partial charge in [-0.25, -0.2) is 4.79 Å². The highest BCUT2D eigenvalue weighted by Crippen LogP contribution is 2.36. The second-order valence-corrected chi connectivity index (χ2v) is 10.5. The quantitative estimate of drug-likeness (QED) is 0.655. The molecule has 12 heteroatoms. The Labute approximate surface area is 185 Å². The fourth-order valence-electron chi connectivity index (χ4n) is 4.85. The lowest BCUT2D eigenvalue weighted by molar-refractivity contribution is -0.145. The molecule has 0 unspecified atom stereocenters. The van der Waals surface area contributed by atoms with Crippen molar-refractivity contribution >= 4 is 33.9 Å². The average molecular weight is 473 g/mol. The molecule has 0 saturated carbocycles. The third kappa shape index (κ3) is 4.24. The fourth-order valence-corrected chi connectivity index (χ4v) is 6.78. The SMILES string of the molecule is O=C(O)[C@@H]1[C@@H]2CC[C@H](CN1S(=O)(=O)N1CCN(Cc3ccc(Cl)cc3)CC1)N2C(=O)O. The van der Waals surface area contributed by atoms with Gasteiger partial charge >= 0.3 is 12.1 Å². The van der Waals surface area contributed by atoms with Gasteiger partial charge in [0.15, 0.2) is 0 Å². The van der Waals surface area contributed by atoms with Crippen molar-refractivity contribution in [3.05, 3.63) is 34.9 Å². The zero-order valence-electron chi connectivity index (χ0n) is 16.8. The molecule has 170 valence electrons. The van der Waals surface area contributed by atoms with Gasteiger partial charge in [-0.1, -0.05) is 23.7 Å². The maximum absolute atomic E-state index is 13.3. The van der Waals surface area contributed by atoms with Crippen LogP contribution in [0.25, 0.3) is 0 Å². The summed E-state index contributed by atoms with van der Waals surface area (Å²) < 4.78 is 29.0. The van der Waals surface area contributed by atoms with Crippen molar-refractivity contribution in [2.45, 2.75) is 37.5 Å². The van der Waals surface area contributed by atoms with Gasteiger partial charge in [-0.3, -0.25) is 14.6 Å². The lowest BCUT2D eigenvalue weighted by Gasteiger charge is -2.45. The van der Waals surface area contributed by atoms with Crippen LogP contribution in [0.15, 0.2) is 24.3 Å². The normalized spacial score (nSPS) is 28.0. The van der Waals surface area contributed by atoms with Crippen LogP contribution in [-0.2, 0) is 21.5 Å². The number of amides is 1. The largest absolute Gasteiger partial charge is 0.480 e. The third-order valence-electron chi connectivity index (χ3n) is 6.36. The highest BCUT2D eigenvalue weighted by Gasteiger charge is 2.55. The second kappa shape index (κ2) is 8.55. The van der Waals surface area contributed by atoms with Crippen molar-refractivity contribution in [1.29, 1.82) is 0 Å². The van der Waals surface area contributed by atoms with Crippen LogP contribution in [0.1, 0.15) is 18.4 Å². The summed E-state index contributed by atoms with van der Waals surface area (Å²) in [5, 5.41) is 19.9. The van der Waals surface area contributed by atoms with Gasteiger partial charge in [-0.15, -0.1) is 0 Å². The molecule has 1 amide bonds. The van der Waals surface area contributed by atoms with Gasteiger partial charge in [-0.05, 0) is 30.5 Å². The van der Waals surface area contributed by atoms with E-state index in [1.165, 1.54) is 4.31 Å². The average Bonchev–Trinajstić information content (AvgIpc) is 3.03. The van der Waals surface area contributed by atoms with E-state index in [4.69, 9.17) is 11.6 Å². The molecule has 0 radical (unpaired) electrons. The van der Waals surface area contributed by atoms with E-state index in [0.29, 0.717) is 37.5 Å². The monoisotopic (exact) mass is 472 g/mol. The molecule has 2 N–H and O–H groups in total. The zero-order valence-corrected chi connectivity index (χ0v) is 18.4. The summed E-state index contributed by atoms with van der Waals surface area (Å²) in [6.07, 6.45) is -0.400. The van der Waals surface area contributed by atoms with E-state index < -0.39 is 40.4 Å². The van der Waals surface area contributed by atoms with Crippen molar-refractivity contribution in [1.82, 2.24) is 18.4 Å². The van der Waals surface area contributed by atoms with Gasteiger partial charge in [0.2, 0.25) is 0 Å². The number of hydrogen-bond acceptors (Lipinski definition) is 5. The first-order chi connectivity index (χ1) is 14.7. The van der Waals surface area contributed by atoms with E-state index in [-0.39, 0.29) is 19.6 Å². The van der Waals surface area contributed by atoms with Gasteiger partial charge in [0.25, 0.3) is 10.2 Å². The molecule has 2 bridgehead atoms. The number of hydrogen-bond donors (Lipinski definition) is 2. The molecule has 4 rings (SSSR count). The van der Waals surface area contributed by atoms with E-state index in [9.17, 15) is 28.2 Å². The summed E-state index contributed by atoms with van der Waals surface area (Å²) in [7, 11) is -4.03. The molecule has 3 fully saturated rings. The number of piperazine rings is 2. The molecule has 3 heterocycles. The summed E-state index contributed by atoms with van der Waals surface area (Å²) >= 11 is 5.91. The van der Waals surface area contributed by atoms with Gasteiger partial charge in [0.05, 0.1) is 6.04 Å². The van der Waals surface area contributed by atoms with Crippen molar-refractivity contribution < 1.29 is 28.2 Å². The number of carbonyl (C=O) groups is 2. The van der Waals surface area contributed by atoms with Crippen LogP contribution in [0.2, 0.25) is 5.02 Å². The Bertz CT molecular complexity index is 951. The second-order valence-electron chi connectivity index (χ2n) is 8.15. The van der Waals surface area contributed by atoms with Gasteiger partial charge < -0.3 is 10.2 Å². The number of fused-ring (bicyclic) bond motifs is 2. The Morgan fingerprint density at radius 2 is 1.68 bits per heavy atom. The molecule has 31 heavy (non-hydrogen) atoms. The van der Waals surface area contributed by atoms with E-state index in [1.54, 1.807) is 0 Å². The van der Waals surface area contributed by atoms with Crippen molar-refractivity contribution in [2.24, 2.45) is 0 Å². The van der Waals surface area contributed by atoms with Crippen LogP contribution in [0, 0.1) is 0 Å². The van der Waals surface area contributed by atoms with Gasteiger partial charge in [0.1, 0.15) is 6.04 Å². The topological polar surface area (TPSA) is 122 Å². The summed E-state index contributed by atoms with van der Waals surface area (Å²) in [5.74, 6) is -1.32. The minimum Gasteiger partial charge on any atom is -0.480 e. The van der Waals surface area contributed by atoms with Crippen molar-refractivity contribution in [2.75, 3.05) is 32.7 Å². The van der Waals surface area contributed by atoms with E-state index in [2.05, 4.69) is 4.90 Å². The van der Waals surface area contributed by atoms with E-state index >= 15 is 0 Å². The Hall–Kier alpha value is -1.92. The molecule has 0 aromatic heterocycles. The van der Waals surface area contributed by atoms with Crippen LogP contribution >= 0.6 is 11.6 Å². The molecule has 3 aliphatic heterocycles. The summed E-state index contributed by atoms with van der Waals surface area (Å²) in [6.45, 7) is 2.06. The van der Waals surface area contributed by atoms with Crippen LogP contribution in [0.3, 0.4) is 0 Å². The molecule has 3 atom stereocenters. The maximum Gasteiger partial charge on any atom is 0.407 e. The Morgan fingerprint density at radius 3 is 2.26 bits per heavy atom. The number of halogens is 1. The molecule has 1 aromatic carbocycles. The minimum atomic E-state index is -4.03. The maximum atomic E-state index is 13.3. The third-order valence-corrected chi connectivity index (χ3v) is 8.60. The predicted octanol–water partition coefficient (Wildman–Crippen LogP) is 0.982. The summed E-state index contributed by atoms with van der Waals surface area (Å²) in [4.78, 5) is 26.8.